The van der Waals surface area contributed by atoms with E-state index < -0.39 is 5.91 Å². The van der Waals surface area contributed by atoms with Crippen molar-refractivity contribution in [2.45, 2.75) is 25.3 Å². The van der Waals surface area contributed by atoms with E-state index in [1.807, 2.05) is 12.1 Å². The predicted octanol–water partition coefficient (Wildman–Crippen LogP) is 1.60. The Kier molecular flexibility index (Phi) is 2.60. The molecule has 1 aliphatic heterocycles. The number of carbonyl (C=O) groups is 1. The third-order valence-electron chi connectivity index (χ3n) is 4.29. The fraction of sp³-hybridized carbons (Fsp3) is 0.429. The molecule has 0 aliphatic carbocycles. The Balaban J connectivity index is 2.17. The number of nitrogens with two attached hydrogens (primary N) is 1. The van der Waals surface area contributed by atoms with Gasteiger partial charge in [-0.05, 0) is 45.5 Å². The maximum atomic E-state index is 11.4. The smallest absolute Gasteiger partial charge is 0.250 e. The molecule has 1 aromatic heterocycles. The summed E-state index contributed by atoms with van der Waals surface area (Å²) in [4.78, 5) is 21.7. The molecule has 5 nitrogen and oxygen atoms in total. The van der Waals surface area contributed by atoms with E-state index in [9.17, 15) is 4.79 Å². The summed E-state index contributed by atoms with van der Waals surface area (Å²) in [7, 11) is 2.11. The Morgan fingerprint density at radius 1 is 1.53 bits per heavy atom. The second-order valence-corrected chi connectivity index (χ2v) is 5.45. The number of nitrogens with one attached hydrogen (secondary N) is 1. The number of nitrogens with zero attached hydrogens (tertiary/aromatic N) is 2. The Hall–Kier alpha value is -1.88. The molecule has 0 bridgehead atoms. The molecule has 1 saturated heterocycles. The second-order valence-electron chi connectivity index (χ2n) is 5.45. The molecule has 0 unspecified atom stereocenters. The standard InChI is InChI=1S/C14H18N4O/c1-14(7-4-8-18(14)2)13-16-10-6-3-5-9(12(15)19)11(10)17-13/h3,5-6H,4,7-8H2,1-2H3,(H2,15,19)(H,16,17)/t14-/m0/s1. The number of fused-ring (bicyclic) bond motifs is 1. The molecular formula is C14H18N4O. The summed E-state index contributed by atoms with van der Waals surface area (Å²) < 4.78 is 0. The number of imidazole rings is 1. The molecule has 100 valence electrons. The zero-order valence-corrected chi connectivity index (χ0v) is 11.2. The number of aromatic nitrogens is 2. The van der Waals surface area contributed by atoms with E-state index in [4.69, 9.17) is 5.73 Å². The van der Waals surface area contributed by atoms with Crippen LogP contribution in [0.25, 0.3) is 11.0 Å². The topological polar surface area (TPSA) is 75.0 Å². The minimum Gasteiger partial charge on any atom is -0.366 e. The van der Waals surface area contributed by atoms with Crippen LogP contribution in [0.3, 0.4) is 0 Å². The van der Waals surface area contributed by atoms with Crippen molar-refractivity contribution in [3.05, 3.63) is 29.6 Å². The minimum absolute atomic E-state index is 0.0893. The Morgan fingerprint density at radius 3 is 2.95 bits per heavy atom. The quantitative estimate of drug-likeness (QED) is 0.859. The molecule has 0 saturated carbocycles. The van der Waals surface area contributed by atoms with Gasteiger partial charge in [0.25, 0.3) is 5.91 Å². The average molecular weight is 258 g/mol. The van der Waals surface area contributed by atoms with Crippen molar-refractivity contribution in [3.63, 3.8) is 0 Å². The number of benzene rings is 1. The van der Waals surface area contributed by atoms with Crippen molar-refractivity contribution in [1.29, 1.82) is 0 Å². The van der Waals surface area contributed by atoms with Crippen LogP contribution in [0.1, 0.15) is 35.9 Å². The van der Waals surface area contributed by atoms with Crippen LogP contribution in [-0.4, -0.2) is 34.4 Å². The van der Waals surface area contributed by atoms with E-state index >= 15 is 0 Å². The van der Waals surface area contributed by atoms with Crippen molar-refractivity contribution in [3.8, 4) is 0 Å². The lowest BCUT2D eigenvalue weighted by Gasteiger charge is -2.29. The van der Waals surface area contributed by atoms with Gasteiger partial charge in [-0.15, -0.1) is 0 Å². The van der Waals surface area contributed by atoms with E-state index in [2.05, 4.69) is 28.8 Å². The number of H-pyrrole nitrogens is 1. The van der Waals surface area contributed by atoms with Crippen molar-refractivity contribution < 1.29 is 4.79 Å². The van der Waals surface area contributed by atoms with Crippen molar-refractivity contribution >= 4 is 16.9 Å². The van der Waals surface area contributed by atoms with Gasteiger partial charge in [0.1, 0.15) is 11.3 Å². The number of likely N-dealkylation sites (tertiary alicyclic amines) is 1. The highest BCUT2D eigenvalue weighted by Crippen LogP contribution is 2.36. The van der Waals surface area contributed by atoms with E-state index in [1.54, 1.807) is 6.07 Å². The summed E-state index contributed by atoms with van der Waals surface area (Å²) >= 11 is 0. The third kappa shape index (κ3) is 1.73. The van der Waals surface area contributed by atoms with E-state index in [0.717, 1.165) is 30.7 Å². The van der Waals surface area contributed by atoms with Gasteiger partial charge in [-0.2, -0.15) is 0 Å². The largest absolute Gasteiger partial charge is 0.366 e. The van der Waals surface area contributed by atoms with Crippen LogP contribution < -0.4 is 5.73 Å². The summed E-state index contributed by atoms with van der Waals surface area (Å²) in [6.45, 7) is 3.25. The van der Waals surface area contributed by atoms with E-state index in [1.165, 1.54) is 0 Å². The molecule has 1 atom stereocenters. The van der Waals surface area contributed by atoms with Crippen LogP contribution in [0.2, 0.25) is 0 Å². The number of amides is 1. The van der Waals surface area contributed by atoms with Gasteiger partial charge in [0.05, 0.1) is 16.6 Å². The van der Waals surface area contributed by atoms with Gasteiger partial charge in [0.15, 0.2) is 0 Å². The van der Waals surface area contributed by atoms with Gasteiger partial charge >= 0.3 is 0 Å². The number of primary amides is 1. The molecule has 1 aromatic carbocycles. The van der Waals surface area contributed by atoms with Crippen LogP contribution >= 0.6 is 0 Å². The molecule has 2 heterocycles. The SMILES string of the molecule is CN1CCC[C@@]1(C)c1nc2c(C(N)=O)cccc2[nH]1. The molecular weight excluding hydrogens is 240 g/mol. The Bertz CT molecular complexity index is 648. The highest BCUT2D eigenvalue weighted by molar-refractivity contribution is 6.04. The normalized spacial score (nSPS) is 24.1. The molecule has 1 fully saturated rings. The summed E-state index contributed by atoms with van der Waals surface area (Å²) in [6.07, 6.45) is 2.22. The molecule has 1 amide bonds. The van der Waals surface area contributed by atoms with Crippen LogP contribution in [-0.2, 0) is 5.54 Å². The van der Waals surface area contributed by atoms with Crippen molar-refractivity contribution in [2.75, 3.05) is 13.6 Å². The molecule has 3 N–H and O–H groups in total. The van der Waals surface area contributed by atoms with Crippen LogP contribution in [0, 0.1) is 0 Å². The molecule has 0 spiro atoms. The minimum atomic E-state index is -0.437. The second kappa shape index (κ2) is 4.06. The third-order valence-corrected chi connectivity index (χ3v) is 4.29. The first-order chi connectivity index (χ1) is 9.02. The van der Waals surface area contributed by atoms with Gasteiger partial charge in [0.2, 0.25) is 0 Å². The van der Waals surface area contributed by atoms with Crippen molar-refractivity contribution in [1.82, 2.24) is 14.9 Å². The van der Waals surface area contributed by atoms with Crippen molar-refractivity contribution in [2.24, 2.45) is 5.73 Å². The summed E-state index contributed by atoms with van der Waals surface area (Å²) in [5.74, 6) is 0.477. The molecule has 19 heavy (non-hydrogen) atoms. The maximum absolute atomic E-state index is 11.4. The van der Waals surface area contributed by atoms with E-state index in [-0.39, 0.29) is 5.54 Å². The Morgan fingerprint density at radius 2 is 2.32 bits per heavy atom. The number of para-hydroxylation sites is 1. The molecule has 3 rings (SSSR count). The van der Waals surface area contributed by atoms with Crippen LogP contribution in [0.5, 0.6) is 0 Å². The van der Waals surface area contributed by atoms with Gasteiger partial charge in [0, 0.05) is 0 Å². The average Bonchev–Trinajstić information content (AvgIpc) is 2.94. The van der Waals surface area contributed by atoms with Gasteiger partial charge in [-0.3, -0.25) is 9.69 Å². The number of carbonyl (C=O) groups excluding carboxylic acids is 1. The lowest BCUT2D eigenvalue weighted by Crippen LogP contribution is -2.36. The Labute approximate surface area is 111 Å². The number of rotatable bonds is 2. The van der Waals surface area contributed by atoms with Gasteiger partial charge in [-0.25, -0.2) is 4.98 Å². The monoisotopic (exact) mass is 258 g/mol. The first-order valence-electron chi connectivity index (χ1n) is 6.52. The zero-order chi connectivity index (χ0) is 13.6. The molecule has 5 heteroatoms. The number of aromatic amines is 1. The summed E-state index contributed by atoms with van der Waals surface area (Å²) in [6, 6.07) is 5.47. The van der Waals surface area contributed by atoms with Crippen LogP contribution in [0.4, 0.5) is 0 Å². The first kappa shape index (κ1) is 12.2. The zero-order valence-electron chi connectivity index (χ0n) is 11.2. The lowest BCUT2D eigenvalue weighted by molar-refractivity contribution is 0.100. The van der Waals surface area contributed by atoms with E-state index in [0.29, 0.717) is 11.1 Å². The molecule has 1 aliphatic rings. The number of hydrogen-bond donors (Lipinski definition) is 2. The lowest BCUT2D eigenvalue weighted by atomic mass is 9.98. The fourth-order valence-corrected chi connectivity index (χ4v) is 2.88. The van der Waals surface area contributed by atoms with Crippen LogP contribution in [0.15, 0.2) is 18.2 Å². The van der Waals surface area contributed by atoms with Gasteiger partial charge < -0.3 is 10.7 Å². The predicted molar refractivity (Wildman–Crippen MR) is 73.8 cm³/mol. The highest BCUT2D eigenvalue weighted by atomic mass is 16.1. The fourth-order valence-electron chi connectivity index (χ4n) is 2.88. The summed E-state index contributed by atoms with van der Waals surface area (Å²) in [5, 5.41) is 0. The number of hydrogen-bond acceptors (Lipinski definition) is 3. The summed E-state index contributed by atoms with van der Waals surface area (Å²) in [5.41, 5.74) is 7.33. The maximum Gasteiger partial charge on any atom is 0.250 e. The molecule has 2 aromatic rings. The first-order valence-corrected chi connectivity index (χ1v) is 6.52. The highest BCUT2D eigenvalue weighted by Gasteiger charge is 2.38. The molecule has 0 radical (unpaired) electrons. The van der Waals surface area contributed by atoms with Gasteiger partial charge in [-0.1, -0.05) is 6.07 Å².